The molecule has 1 aromatic heterocycles. The summed E-state index contributed by atoms with van der Waals surface area (Å²) in [4.78, 5) is 21.9. The maximum absolute atomic E-state index is 11.5. The minimum atomic E-state index is -1.01. The van der Waals surface area contributed by atoms with Crippen LogP contribution in [0.5, 0.6) is 5.75 Å². The van der Waals surface area contributed by atoms with Crippen LogP contribution >= 0.6 is 11.3 Å². The van der Waals surface area contributed by atoms with Gasteiger partial charge in [0.05, 0.1) is 13.0 Å². The first-order valence-corrected chi connectivity index (χ1v) is 7.48. The molecule has 8 heteroatoms. The lowest BCUT2D eigenvalue weighted by atomic mass is 10.2. The van der Waals surface area contributed by atoms with Crippen LogP contribution < -0.4 is 10.1 Å². The van der Waals surface area contributed by atoms with Crippen LogP contribution in [-0.2, 0) is 9.59 Å². The summed E-state index contributed by atoms with van der Waals surface area (Å²) in [6.07, 6.45) is -0.302. The highest BCUT2D eigenvalue weighted by atomic mass is 32.1. The van der Waals surface area contributed by atoms with Gasteiger partial charge in [-0.2, -0.15) is 0 Å². The molecule has 0 saturated carbocycles. The van der Waals surface area contributed by atoms with Crippen LogP contribution in [0.4, 0.5) is 5.13 Å². The molecule has 0 aliphatic carbocycles. The second kappa shape index (κ2) is 7.51. The second-order valence-corrected chi connectivity index (χ2v) is 5.29. The second-order valence-electron chi connectivity index (χ2n) is 4.31. The number of nitrogens with zero attached hydrogens (tertiary/aromatic N) is 2. The predicted octanol–water partition coefficient (Wildman–Crippen LogP) is 2.41. The van der Waals surface area contributed by atoms with Gasteiger partial charge in [0, 0.05) is 12.0 Å². The molecule has 1 heterocycles. The molecule has 2 rings (SSSR count). The maximum atomic E-state index is 11.5. The third-order valence-corrected chi connectivity index (χ3v) is 3.54. The molecule has 1 aromatic carbocycles. The number of hydrogen-bond acceptors (Lipinski definition) is 6. The van der Waals surface area contributed by atoms with E-state index in [9.17, 15) is 9.59 Å². The highest BCUT2D eigenvalue weighted by Crippen LogP contribution is 2.27. The molecule has 0 bridgehead atoms. The van der Waals surface area contributed by atoms with Gasteiger partial charge in [0.25, 0.3) is 0 Å². The number of ether oxygens (including phenoxy) is 1. The molecule has 1 amide bonds. The zero-order valence-electron chi connectivity index (χ0n) is 11.9. The van der Waals surface area contributed by atoms with E-state index >= 15 is 0 Å². The predicted molar refractivity (Wildman–Crippen MR) is 82.0 cm³/mol. The molecule has 0 fully saturated rings. The Morgan fingerprint density at radius 3 is 2.59 bits per heavy atom. The van der Waals surface area contributed by atoms with E-state index in [1.807, 2.05) is 31.2 Å². The van der Waals surface area contributed by atoms with Crippen molar-refractivity contribution in [1.29, 1.82) is 0 Å². The molecule has 0 saturated heterocycles. The van der Waals surface area contributed by atoms with Crippen molar-refractivity contribution >= 4 is 28.3 Å². The molecule has 0 aliphatic rings. The van der Waals surface area contributed by atoms with E-state index in [0.717, 1.165) is 11.3 Å². The van der Waals surface area contributed by atoms with Gasteiger partial charge < -0.3 is 15.2 Å². The van der Waals surface area contributed by atoms with E-state index in [0.29, 0.717) is 16.7 Å². The van der Waals surface area contributed by atoms with Gasteiger partial charge in [-0.3, -0.25) is 9.59 Å². The van der Waals surface area contributed by atoms with Crippen molar-refractivity contribution in [2.24, 2.45) is 0 Å². The van der Waals surface area contributed by atoms with Gasteiger partial charge in [0.15, 0.2) is 0 Å². The number of rotatable bonds is 7. The van der Waals surface area contributed by atoms with Crippen LogP contribution in [0.1, 0.15) is 19.8 Å². The Kier molecular flexibility index (Phi) is 5.42. The molecular formula is C14H15N3O4S. The van der Waals surface area contributed by atoms with Gasteiger partial charge in [0.2, 0.25) is 11.0 Å². The lowest BCUT2D eigenvalue weighted by Crippen LogP contribution is -2.12. The van der Waals surface area contributed by atoms with Crippen molar-refractivity contribution < 1.29 is 19.4 Å². The molecule has 22 heavy (non-hydrogen) atoms. The van der Waals surface area contributed by atoms with E-state index in [1.165, 1.54) is 11.3 Å². The highest BCUT2D eigenvalue weighted by Gasteiger charge is 2.11. The monoisotopic (exact) mass is 321 g/mol. The Labute approximate surface area is 131 Å². The average molecular weight is 321 g/mol. The highest BCUT2D eigenvalue weighted by molar-refractivity contribution is 7.18. The lowest BCUT2D eigenvalue weighted by molar-refractivity contribution is -0.138. The number of aliphatic carboxylic acids is 1. The number of carbonyl (C=O) groups excluding carboxylic acids is 1. The molecule has 7 nitrogen and oxygen atoms in total. The molecular weight excluding hydrogens is 306 g/mol. The Morgan fingerprint density at radius 2 is 1.95 bits per heavy atom. The standard InChI is InChI=1S/C14H15N3O4S/c1-2-21-10-5-3-9(4-6-10)13-16-17-14(22-13)15-11(18)7-8-12(19)20/h3-6H,2,7-8H2,1H3,(H,19,20)(H,15,17,18). The number of aromatic nitrogens is 2. The summed E-state index contributed by atoms with van der Waals surface area (Å²) in [5.74, 6) is -0.628. The molecule has 116 valence electrons. The van der Waals surface area contributed by atoms with Gasteiger partial charge in [-0.25, -0.2) is 0 Å². The first-order chi connectivity index (χ1) is 10.6. The number of nitrogens with one attached hydrogen (secondary N) is 1. The summed E-state index contributed by atoms with van der Waals surface area (Å²) >= 11 is 1.23. The Bertz CT molecular complexity index is 654. The molecule has 0 radical (unpaired) electrons. The van der Waals surface area contributed by atoms with Gasteiger partial charge in [-0.05, 0) is 31.2 Å². The average Bonchev–Trinajstić information content (AvgIpc) is 2.95. The van der Waals surface area contributed by atoms with Crippen molar-refractivity contribution in [3.8, 4) is 16.3 Å². The summed E-state index contributed by atoms with van der Waals surface area (Å²) in [6, 6.07) is 7.40. The fraction of sp³-hybridized carbons (Fsp3) is 0.286. The number of carboxylic acid groups (broad SMARTS) is 1. The largest absolute Gasteiger partial charge is 0.494 e. The van der Waals surface area contributed by atoms with Crippen LogP contribution in [-0.4, -0.2) is 33.8 Å². The van der Waals surface area contributed by atoms with E-state index in [-0.39, 0.29) is 12.8 Å². The zero-order valence-corrected chi connectivity index (χ0v) is 12.7. The van der Waals surface area contributed by atoms with Crippen LogP contribution in [0.3, 0.4) is 0 Å². The fourth-order valence-corrected chi connectivity index (χ4v) is 2.42. The first kappa shape index (κ1) is 15.9. The number of benzene rings is 1. The topological polar surface area (TPSA) is 101 Å². The van der Waals surface area contributed by atoms with E-state index in [2.05, 4.69) is 15.5 Å². The summed E-state index contributed by atoms with van der Waals surface area (Å²) in [5, 5.41) is 20.0. The summed E-state index contributed by atoms with van der Waals surface area (Å²) < 4.78 is 5.36. The molecule has 2 N–H and O–H groups in total. The SMILES string of the molecule is CCOc1ccc(-c2nnc(NC(=O)CCC(=O)O)s2)cc1. The van der Waals surface area contributed by atoms with Crippen molar-refractivity contribution in [1.82, 2.24) is 10.2 Å². The molecule has 0 aliphatic heterocycles. The normalized spacial score (nSPS) is 10.2. The van der Waals surface area contributed by atoms with Gasteiger partial charge >= 0.3 is 5.97 Å². The molecule has 0 spiro atoms. The molecule has 0 unspecified atom stereocenters. The van der Waals surface area contributed by atoms with Crippen molar-refractivity contribution in [3.63, 3.8) is 0 Å². The number of amides is 1. The van der Waals surface area contributed by atoms with Crippen molar-refractivity contribution in [2.45, 2.75) is 19.8 Å². The van der Waals surface area contributed by atoms with Crippen LogP contribution in [0.25, 0.3) is 10.6 Å². The number of carboxylic acids is 1. The van der Waals surface area contributed by atoms with Gasteiger partial charge in [0.1, 0.15) is 10.8 Å². The van der Waals surface area contributed by atoms with E-state index < -0.39 is 11.9 Å². The fourth-order valence-electron chi connectivity index (χ4n) is 1.65. The lowest BCUT2D eigenvalue weighted by Gasteiger charge is -2.02. The first-order valence-electron chi connectivity index (χ1n) is 6.67. The third-order valence-electron chi connectivity index (χ3n) is 2.65. The van der Waals surface area contributed by atoms with Gasteiger partial charge in [-0.15, -0.1) is 10.2 Å². The van der Waals surface area contributed by atoms with Crippen LogP contribution in [0, 0.1) is 0 Å². The van der Waals surface area contributed by atoms with E-state index in [4.69, 9.17) is 9.84 Å². The smallest absolute Gasteiger partial charge is 0.303 e. The number of carbonyl (C=O) groups is 2. The van der Waals surface area contributed by atoms with Gasteiger partial charge in [-0.1, -0.05) is 11.3 Å². The van der Waals surface area contributed by atoms with Crippen molar-refractivity contribution in [2.75, 3.05) is 11.9 Å². The van der Waals surface area contributed by atoms with Crippen molar-refractivity contribution in [3.05, 3.63) is 24.3 Å². The number of hydrogen-bond donors (Lipinski definition) is 2. The van der Waals surface area contributed by atoms with Crippen LogP contribution in [0.2, 0.25) is 0 Å². The zero-order chi connectivity index (χ0) is 15.9. The third kappa shape index (κ3) is 4.52. The molecule has 2 aromatic rings. The van der Waals surface area contributed by atoms with Crippen LogP contribution in [0.15, 0.2) is 24.3 Å². The Balaban J connectivity index is 1.98. The minimum Gasteiger partial charge on any atom is -0.494 e. The maximum Gasteiger partial charge on any atom is 0.303 e. The Morgan fingerprint density at radius 1 is 1.23 bits per heavy atom. The quantitative estimate of drug-likeness (QED) is 0.812. The number of anilines is 1. The Hall–Kier alpha value is -2.48. The summed E-state index contributed by atoms with van der Waals surface area (Å²) in [7, 11) is 0. The minimum absolute atomic E-state index is 0.0900. The van der Waals surface area contributed by atoms with E-state index in [1.54, 1.807) is 0 Å². The summed E-state index contributed by atoms with van der Waals surface area (Å²) in [5.41, 5.74) is 0.868. The molecule has 0 atom stereocenters. The summed E-state index contributed by atoms with van der Waals surface area (Å²) in [6.45, 7) is 2.52.